The molecular weight excluding hydrogens is 552 g/mol. The van der Waals surface area contributed by atoms with Crippen molar-refractivity contribution in [2.45, 2.75) is 37.8 Å². The van der Waals surface area contributed by atoms with Crippen molar-refractivity contribution in [3.63, 3.8) is 0 Å². The fraction of sp³-hybridized carbons (Fsp3) is 0.258. The number of nitrogens with zero attached hydrogens (tertiary/aromatic N) is 3. The van der Waals surface area contributed by atoms with Crippen molar-refractivity contribution in [1.29, 1.82) is 5.26 Å². The highest BCUT2D eigenvalue weighted by Crippen LogP contribution is 2.31. The number of phenolic OH excluding ortho intramolecular Hbond substituents is 1. The Morgan fingerprint density at radius 1 is 1.05 bits per heavy atom. The van der Waals surface area contributed by atoms with Gasteiger partial charge in [-0.05, 0) is 78.5 Å². The third-order valence-corrected chi connectivity index (χ3v) is 7.09. The zero-order chi connectivity index (χ0) is 30.9. The molecule has 4 rings (SSSR count). The maximum absolute atomic E-state index is 13.5. The first-order valence-electron chi connectivity index (χ1n) is 13.6. The van der Waals surface area contributed by atoms with Gasteiger partial charge in [0.1, 0.15) is 17.8 Å². The van der Waals surface area contributed by atoms with Crippen LogP contribution in [0.15, 0.2) is 71.7 Å². The number of carbonyl (C=O) groups is 3. The molecule has 12 nitrogen and oxygen atoms in total. The Morgan fingerprint density at radius 2 is 1.74 bits per heavy atom. The van der Waals surface area contributed by atoms with E-state index in [1.165, 1.54) is 12.1 Å². The smallest absolute Gasteiger partial charge is 0.326 e. The summed E-state index contributed by atoms with van der Waals surface area (Å²) in [5.74, 6) is -2.21. The van der Waals surface area contributed by atoms with Gasteiger partial charge >= 0.3 is 11.9 Å². The summed E-state index contributed by atoms with van der Waals surface area (Å²) in [6.45, 7) is 0.564. The molecule has 1 aliphatic rings. The van der Waals surface area contributed by atoms with Gasteiger partial charge in [-0.2, -0.15) is 5.26 Å². The second kappa shape index (κ2) is 14.0. The fourth-order valence-corrected chi connectivity index (χ4v) is 4.88. The maximum atomic E-state index is 13.5. The SMILES string of the molecule is CN1CCc2cc(NC(=Nc3ccc(O)cc3)NC#N)ccc2C1C(=O)NC(Cc1ccc(CCC(=O)O)cc1)C(=O)O. The van der Waals surface area contributed by atoms with Crippen LogP contribution in [0.3, 0.4) is 0 Å². The maximum Gasteiger partial charge on any atom is 0.326 e. The lowest BCUT2D eigenvalue weighted by atomic mass is 9.91. The van der Waals surface area contributed by atoms with Gasteiger partial charge in [0.15, 0.2) is 6.19 Å². The number of hydrogen-bond acceptors (Lipinski definition) is 7. The van der Waals surface area contributed by atoms with Crippen LogP contribution in [-0.4, -0.2) is 63.7 Å². The molecule has 12 heteroatoms. The third kappa shape index (κ3) is 8.31. The number of aliphatic imine (C=N–C) groups is 1. The van der Waals surface area contributed by atoms with E-state index in [4.69, 9.17) is 5.11 Å². The van der Waals surface area contributed by atoms with Crippen LogP contribution >= 0.6 is 0 Å². The molecule has 0 aromatic heterocycles. The molecule has 3 aromatic rings. The Labute approximate surface area is 248 Å². The number of carbonyl (C=O) groups excluding carboxylic acids is 1. The zero-order valence-corrected chi connectivity index (χ0v) is 23.4. The quantitative estimate of drug-likeness (QED) is 0.0895. The molecule has 6 N–H and O–H groups in total. The molecule has 1 aliphatic heterocycles. The highest BCUT2D eigenvalue weighted by Gasteiger charge is 2.33. The van der Waals surface area contributed by atoms with Gasteiger partial charge < -0.3 is 26.0 Å². The Kier molecular flexibility index (Phi) is 9.93. The third-order valence-electron chi connectivity index (χ3n) is 7.09. The van der Waals surface area contributed by atoms with Crippen LogP contribution in [0.2, 0.25) is 0 Å². The summed E-state index contributed by atoms with van der Waals surface area (Å²) in [6.07, 6.45) is 2.95. The number of guanidine groups is 1. The number of benzene rings is 3. The molecule has 0 spiro atoms. The van der Waals surface area contributed by atoms with Gasteiger partial charge in [-0.3, -0.25) is 19.8 Å². The van der Waals surface area contributed by atoms with Crippen molar-refractivity contribution in [2.24, 2.45) is 4.99 Å². The molecule has 0 saturated carbocycles. The van der Waals surface area contributed by atoms with Gasteiger partial charge in [0.25, 0.3) is 0 Å². The first-order chi connectivity index (χ1) is 20.6. The zero-order valence-electron chi connectivity index (χ0n) is 23.4. The average Bonchev–Trinajstić information content (AvgIpc) is 2.97. The molecular formula is C31H32N6O6. The van der Waals surface area contributed by atoms with Crippen LogP contribution in [0.5, 0.6) is 5.75 Å². The lowest BCUT2D eigenvalue weighted by Gasteiger charge is -2.34. The minimum atomic E-state index is -1.16. The van der Waals surface area contributed by atoms with E-state index in [2.05, 4.69) is 20.9 Å². The van der Waals surface area contributed by atoms with Crippen molar-refractivity contribution in [2.75, 3.05) is 18.9 Å². The van der Waals surface area contributed by atoms with Crippen molar-refractivity contribution in [1.82, 2.24) is 15.5 Å². The number of fused-ring (bicyclic) bond motifs is 1. The molecule has 2 atom stereocenters. The number of anilines is 1. The normalized spacial score (nSPS) is 15.4. The first-order valence-corrected chi connectivity index (χ1v) is 13.6. The van der Waals surface area contributed by atoms with Crippen molar-refractivity contribution in [3.8, 4) is 11.9 Å². The van der Waals surface area contributed by atoms with Crippen LogP contribution in [0, 0.1) is 11.5 Å². The highest BCUT2D eigenvalue weighted by molar-refractivity contribution is 5.96. The number of carboxylic acids is 2. The summed E-state index contributed by atoms with van der Waals surface area (Å²) in [5, 5.41) is 45.7. The summed E-state index contributed by atoms with van der Waals surface area (Å²) in [5.41, 5.74) is 4.33. The number of hydrogen-bond donors (Lipinski definition) is 6. The van der Waals surface area contributed by atoms with E-state index in [1.807, 2.05) is 24.2 Å². The van der Waals surface area contributed by atoms with E-state index in [-0.39, 0.29) is 24.6 Å². The van der Waals surface area contributed by atoms with E-state index in [0.29, 0.717) is 36.3 Å². The number of aryl methyl sites for hydroxylation is 1. The minimum absolute atomic E-state index is 0.00636. The van der Waals surface area contributed by atoms with Crippen molar-refractivity contribution in [3.05, 3.63) is 89.0 Å². The van der Waals surface area contributed by atoms with Crippen LogP contribution < -0.4 is 16.0 Å². The number of carboxylic acid groups (broad SMARTS) is 2. The standard InChI is InChI=1S/C31H32N6O6/c1-37-15-14-21-17-23(35-31(33-18-32)34-22-7-10-24(38)11-8-22)9-12-25(21)28(37)29(41)36-26(30(42)43)16-20-4-2-19(3-5-20)6-13-27(39)40/h2-5,7-12,17,26,28,38H,6,13-16H2,1H3,(H,36,41)(H,39,40)(H,42,43)(H2,33,34,35). The van der Waals surface area contributed by atoms with Gasteiger partial charge in [0.2, 0.25) is 11.9 Å². The predicted molar refractivity (Wildman–Crippen MR) is 159 cm³/mol. The first kappa shape index (κ1) is 30.5. The van der Waals surface area contributed by atoms with Crippen LogP contribution in [0.25, 0.3) is 0 Å². The summed E-state index contributed by atoms with van der Waals surface area (Å²) >= 11 is 0. The van der Waals surface area contributed by atoms with Crippen LogP contribution in [0.4, 0.5) is 11.4 Å². The Balaban J connectivity index is 1.48. The van der Waals surface area contributed by atoms with Crippen molar-refractivity contribution >= 4 is 35.2 Å². The summed E-state index contributed by atoms with van der Waals surface area (Å²) in [4.78, 5) is 42.6. The van der Waals surface area contributed by atoms with Crippen LogP contribution in [0.1, 0.15) is 34.7 Å². The monoisotopic (exact) mass is 584 g/mol. The van der Waals surface area contributed by atoms with E-state index in [1.54, 1.807) is 48.5 Å². The van der Waals surface area contributed by atoms with E-state index >= 15 is 0 Å². The van der Waals surface area contributed by atoms with E-state index < -0.39 is 29.9 Å². The van der Waals surface area contributed by atoms with Gasteiger partial charge in [-0.25, -0.2) is 9.79 Å². The number of nitrogens with one attached hydrogen (secondary N) is 3. The molecule has 0 radical (unpaired) electrons. The topological polar surface area (TPSA) is 187 Å². The number of likely N-dealkylation sites (N-methyl/N-ethyl adjacent to an activating group) is 1. The summed E-state index contributed by atoms with van der Waals surface area (Å²) in [7, 11) is 1.81. The molecule has 2 unspecified atom stereocenters. The molecule has 0 aliphatic carbocycles. The molecule has 3 aromatic carbocycles. The Hall–Kier alpha value is -5.41. The summed E-state index contributed by atoms with van der Waals surface area (Å²) < 4.78 is 0. The van der Waals surface area contributed by atoms with Crippen molar-refractivity contribution < 1.29 is 29.7 Å². The van der Waals surface area contributed by atoms with Crippen LogP contribution in [-0.2, 0) is 33.6 Å². The Morgan fingerprint density at radius 3 is 2.40 bits per heavy atom. The number of aromatic hydroxyl groups is 1. The number of rotatable bonds is 10. The lowest BCUT2D eigenvalue weighted by molar-refractivity contribution is -0.142. The lowest BCUT2D eigenvalue weighted by Crippen LogP contribution is -2.49. The molecule has 43 heavy (non-hydrogen) atoms. The Bertz CT molecular complexity index is 1550. The second-order valence-corrected chi connectivity index (χ2v) is 10.2. The average molecular weight is 585 g/mol. The molecule has 1 heterocycles. The highest BCUT2D eigenvalue weighted by atomic mass is 16.4. The molecule has 222 valence electrons. The molecule has 0 saturated heterocycles. The molecule has 0 bridgehead atoms. The number of aliphatic carboxylic acids is 2. The molecule has 0 fully saturated rings. The minimum Gasteiger partial charge on any atom is -0.508 e. The fourth-order valence-electron chi connectivity index (χ4n) is 4.88. The number of amides is 1. The van der Waals surface area contributed by atoms with E-state index in [0.717, 1.165) is 16.7 Å². The second-order valence-electron chi connectivity index (χ2n) is 10.2. The van der Waals surface area contributed by atoms with Gasteiger partial charge in [-0.1, -0.05) is 30.3 Å². The number of nitriles is 1. The number of phenols is 1. The van der Waals surface area contributed by atoms with E-state index in [9.17, 15) is 29.9 Å². The molecule has 1 amide bonds. The summed E-state index contributed by atoms with van der Waals surface area (Å²) in [6, 6.07) is 16.8. The largest absolute Gasteiger partial charge is 0.508 e. The van der Waals surface area contributed by atoms with Gasteiger partial charge in [0.05, 0.1) is 5.69 Å². The predicted octanol–water partition coefficient (Wildman–Crippen LogP) is 2.92. The van der Waals surface area contributed by atoms with Gasteiger partial charge in [-0.15, -0.1) is 0 Å². The van der Waals surface area contributed by atoms with Gasteiger partial charge in [0, 0.05) is 25.1 Å².